The Hall–Kier alpha value is -2.63. The lowest BCUT2D eigenvalue weighted by Crippen LogP contribution is -2.25. The molecule has 1 aromatic heterocycles. The molecule has 0 aliphatic heterocycles. The van der Waals surface area contributed by atoms with Gasteiger partial charge in [0, 0.05) is 6.20 Å². The molecular weight excluding hydrogens is 251 g/mol. The van der Waals surface area contributed by atoms with E-state index >= 15 is 0 Å². The van der Waals surface area contributed by atoms with Crippen molar-refractivity contribution in [3.05, 3.63) is 59.7 Å². The lowest BCUT2D eigenvalue weighted by Gasteiger charge is -2.08. The van der Waals surface area contributed by atoms with Gasteiger partial charge in [0.25, 0.3) is 0 Å². The topological polar surface area (TPSA) is 71.3 Å². The molecule has 19 heavy (non-hydrogen) atoms. The molecule has 2 aromatic rings. The average molecular weight is 262 g/mol. The van der Waals surface area contributed by atoms with Gasteiger partial charge in [-0.1, -0.05) is 12.1 Å². The van der Waals surface area contributed by atoms with Crippen LogP contribution in [-0.2, 0) is 6.67 Å². The van der Waals surface area contributed by atoms with Crippen LogP contribution in [0.5, 0.6) is 0 Å². The van der Waals surface area contributed by atoms with Gasteiger partial charge in [-0.25, -0.2) is 9.18 Å². The zero-order valence-electron chi connectivity index (χ0n) is 9.84. The van der Waals surface area contributed by atoms with Gasteiger partial charge in [-0.2, -0.15) is 0 Å². The van der Waals surface area contributed by atoms with Crippen molar-refractivity contribution in [3.63, 3.8) is 0 Å². The minimum Gasteiger partial charge on any atom is -0.465 e. The number of benzene rings is 1. The predicted molar refractivity (Wildman–Crippen MR) is 65.4 cm³/mol. The number of ketones is 1. The number of carbonyl (C=O) groups excluding carboxylic acids is 1. The second-order valence-corrected chi connectivity index (χ2v) is 3.81. The van der Waals surface area contributed by atoms with Crippen LogP contribution in [0.2, 0.25) is 0 Å². The van der Waals surface area contributed by atoms with E-state index in [1.807, 2.05) is 0 Å². The van der Waals surface area contributed by atoms with Gasteiger partial charge < -0.3 is 15.0 Å². The summed E-state index contributed by atoms with van der Waals surface area (Å²) in [6.45, 7) is -0.0716. The van der Waals surface area contributed by atoms with E-state index in [9.17, 15) is 14.0 Å². The first-order chi connectivity index (χ1) is 9.09. The van der Waals surface area contributed by atoms with Crippen LogP contribution < -0.4 is 5.32 Å². The van der Waals surface area contributed by atoms with Gasteiger partial charge in [-0.15, -0.1) is 0 Å². The summed E-state index contributed by atoms with van der Waals surface area (Å²) >= 11 is 0. The third-order valence-electron chi connectivity index (χ3n) is 2.58. The molecular formula is C13H11FN2O3. The zero-order chi connectivity index (χ0) is 13.8. The Kier molecular flexibility index (Phi) is 3.61. The maximum absolute atomic E-state index is 13.5. The average Bonchev–Trinajstić information content (AvgIpc) is 2.84. The van der Waals surface area contributed by atoms with Crippen molar-refractivity contribution in [2.24, 2.45) is 0 Å². The maximum atomic E-state index is 13.5. The van der Waals surface area contributed by atoms with Crippen LogP contribution in [0.3, 0.4) is 0 Å². The summed E-state index contributed by atoms with van der Waals surface area (Å²) in [7, 11) is 0. The molecule has 0 aliphatic rings. The van der Waals surface area contributed by atoms with Crippen LogP contribution in [0.15, 0.2) is 42.6 Å². The summed E-state index contributed by atoms with van der Waals surface area (Å²) in [6.07, 6.45) is 0.349. The van der Waals surface area contributed by atoms with Crippen LogP contribution in [0.4, 0.5) is 9.18 Å². The number of amides is 1. The standard InChI is InChI=1S/C13H11FN2O3/c14-10-5-2-1-4-9(10)12(17)11-6-3-7-16(11)8-15-13(18)19/h1-7,15H,8H2,(H,18,19). The molecule has 0 radical (unpaired) electrons. The van der Waals surface area contributed by atoms with Gasteiger partial charge in [0.1, 0.15) is 5.82 Å². The zero-order valence-corrected chi connectivity index (χ0v) is 9.84. The maximum Gasteiger partial charge on any atom is 0.406 e. The van der Waals surface area contributed by atoms with Crippen molar-refractivity contribution in [1.29, 1.82) is 0 Å². The molecule has 0 bridgehead atoms. The molecule has 5 nitrogen and oxygen atoms in total. The Bertz CT molecular complexity index is 622. The molecule has 0 atom stereocenters. The highest BCUT2D eigenvalue weighted by Crippen LogP contribution is 2.13. The van der Waals surface area contributed by atoms with E-state index in [1.54, 1.807) is 18.3 Å². The molecule has 0 aliphatic carbocycles. The number of halogens is 1. The molecule has 0 spiro atoms. The van der Waals surface area contributed by atoms with E-state index in [2.05, 4.69) is 5.32 Å². The minimum absolute atomic E-state index is 0.0437. The van der Waals surface area contributed by atoms with E-state index in [4.69, 9.17) is 5.11 Å². The van der Waals surface area contributed by atoms with Gasteiger partial charge >= 0.3 is 6.09 Å². The summed E-state index contributed by atoms with van der Waals surface area (Å²) in [5.41, 5.74) is 0.177. The van der Waals surface area contributed by atoms with Crippen molar-refractivity contribution in [2.45, 2.75) is 6.67 Å². The molecule has 0 saturated heterocycles. The summed E-state index contributed by atoms with van der Waals surface area (Å²) < 4.78 is 14.9. The highest BCUT2D eigenvalue weighted by molar-refractivity contribution is 6.08. The molecule has 1 amide bonds. The fourth-order valence-electron chi connectivity index (χ4n) is 1.69. The van der Waals surface area contributed by atoms with E-state index in [0.717, 1.165) is 0 Å². The number of carbonyl (C=O) groups is 2. The van der Waals surface area contributed by atoms with Crippen LogP contribution in [0.25, 0.3) is 0 Å². The van der Waals surface area contributed by atoms with Crippen molar-refractivity contribution >= 4 is 11.9 Å². The Morgan fingerprint density at radius 2 is 1.95 bits per heavy atom. The smallest absolute Gasteiger partial charge is 0.406 e. The number of nitrogens with one attached hydrogen (secondary N) is 1. The van der Waals surface area contributed by atoms with Gasteiger partial charge in [0.05, 0.1) is 17.9 Å². The highest BCUT2D eigenvalue weighted by atomic mass is 19.1. The van der Waals surface area contributed by atoms with Crippen molar-refractivity contribution in [1.82, 2.24) is 9.88 Å². The highest BCUT2D eigenvalue weighted by Gasteiger charge is 2.16. The lowest BCUT2D eigenvalue weighted by molar-refractivity contribution is 0.102. The van der Waals surface area contributed by atoms with Crippen LogP contribution in [0.1, 0.15) is 16.1 Å². The van der Waals surface area contributed by atoms with Gasteiger partial charge in [0.15, 0.2) is 0 Å². The molecule has 98 valence electrons. The molecule has 2 N–H and O–H groups in total. The Morgan fingerprint density at radius 3 is 2.63 bits per heavy atom. The van der Waals surface area contributed by atoms with Gasteiger partial charge in [-0.05, 0) is 24.3 Å². The fourth-order valence-corrected chi connectivity index (χ4v) is 1.69. The second kappa shape index (κ2) is 5.34. The molecule has 6 heteroatoms. The summed E-state index contributed by atoms with van der Waals surface area (Å²) in [5.74, 6) is -1.10. The first kappa shape index (κ1) is 12.8. The van der Waals surface area contributed by atoms with Crippen LogP contribution >= 0.6 is 0 Å². The monoisotopic (exact) mass is 262 g/mol. The van der Waals surface area contributed by atoms with Gasteiger partial charge in [-0.3, -0.25) is 4.79 Å². The van der Waals surface area contributed by atoms with E-state index < -0.39 is 17.7 Å². The number of carboxylic acid groups (broad SMARTS) is 1. The first-order valence-corrected chi connectivity index (χ1v) is 5.51. The normalized spacial score (nSPS) is 10.2. The molecule has 0 saturated carbocycles. The molecule has 1 aromatic carbocycles. The SMILES string of the molecule is O=C(O)NCn1cccc1C(=O)c1ccccc1F. The summed E-state index contributed by atoms with van der Waals surface area (Å²) in [4.78, 5) is 22.6. The van der Waals surface area contributed by atoms with E-state index in [0.29, 0.717) is 0 Å². The Morgan fingerprint density at radius 1 is 1.21 bits per heavy atom. The fraction of sp³-hybridized carbons (Fsp3) is 0.0769. The second-order valence-electron chi connectivity index (χ2n) is 3.81. The van der Waals surface area contributed by atoms with Crippen molar-refractivity contribution < 1.29 is 19.1 Å². The van der Waals surface area contributed by atoms with Crippen molar-refractivity contribution in [3.8, 4) is 0 Å². The largest absolute Gasteiger partial charge is 0.465 e. The first-order valence-electron chi connectivity index (χ1n) is 5.51. The Labute approximate surface area is 108 Å². The number of hydrogen-bond acceptors (Lipinski definition) is 2. The Balaban J connectivity index is 2.28. The number of aromatic nitrogens is 1. The minimum atomic E-state index is -1.20. The van der Waals surface area contributed by atoms with E-state index in [1.165, 1.54) is 28.8 Å². The predicted octanol–water partition coefficient (Wildman–Crippen LogP) is 2.08. The molecule has 0 fully saturated rings. The molecule has 2 rings (SSSR count). The lowest BCUT2D eigenvalue weighted by atomic mass is 10.1. The third-order valence-corrected chi connectivity index (χ3v) is 2.58. The molecule has 1 heterocycles. The van der Waals surface area contributed by atoms with Gasteiger partial charge in [0.2, 0.25) is 5.78 Å². The van der Waals surface area contributed by atoms with Crippen LogP contribution in [0, 0.1) is 5.82 Å². The summed E-state index contributed by atoms with van der Waals surface area (Å²) in [6, 6.07) is 8.77. The number of rotatable bonds is 4. The quantitative estimate of drug-likeness (QED) is 0.829. The number of nitrogens with zero attached hydrogens (tertiary/aromatic N) is 1. The number of hydrogen-bond donors (Lipinski definition) is 2. The summed E-state index contributed by atoms with van der Waals surface area (Å²) in [5, 5.41) is 10.7. The third kappa shape index (κ3) is 2.79. The molecule has 0 unspecified atom stereocenters. The van der Waals surface area contributed by atoms with Crippen LogP contribution in [-0.4, -0.2) is 21.6 Å². The van der Waals surface area contributed by atoms with Crippen molar-refractivity contribution in [2.75, 3.05) is 0 Å². The van der Waals surface area contributed by atoms with E-state index in [-0.39, 0.29) is 17.9 Å².